The predicted molar refractivity (Wildman–Crippen MR) is 140 cm³/mol. The van der Waals surface area contributed by atoms with Crippen LogP contribution in [0.4, 0.5) is 10.5 Å². The number of halogens is 1. The zero-order valence-corrected chi connectivity index (χ0v) is 21.2. The average molecular weight is 535 g/mol. The molecule has 0 aliphatic carbocycles. The van der Waals surface area contributed by atoms with Crippen molar-refractivity contribution in [3.8, 4) is 33.9 Å². The van der Waals surface area contributed by atoms with Crippen molar-refractivity contribution in [3.05, 3.63) is 83.0 Å². The molecule has 2 heterocycles. The maximum absolute atomic E-state index is 12.7. The first-order valence-corrected chi connectivity index (χ1v) is 12.1. The van der Waals surface area contributed by atoms with Gasteiger partial charge in [-0.15, -0.1) is 0 Å². The van der Waals surface area contributed by atoms with E-state index in [1.54, 1.807) is 44.2 Å². The van der Waals surface area contributed by atoms with E-state index >= 15 is 0 Å². The van der Waals surface area contributed by atoms with Gasteiger partial charge in [0.15, 0.2) is 17.3 Å². The summed E-state index contributed by atoms with van der Waals surface area (Å²) in [4.78, 5) is 23.8. The molecule has 1 aromatic heterocycles. The summed E-state index contributed by atoms with van der Waals surface area (Å²) in [6.45, 7) is 3.40. The summed E-state index contributed by atoms with van der Waals surface area (Å²) in [5.41, 5.74) is 4.05. The molecule has 0 radical (unpaired) electrons. The number of fused-ring (bicyclic) bond motifs is 1. The van der Waals surface area contributed by atoms with E-state index in [0.717, 1.165) is 11.1 Å². The Morgan fingerprint density at radius 1 is 1.05 bits per heavy atom. The number of ether oxygens (including phenoxy) is 3. The summed E-state index contributed by atoms with van der Waals surface area (Å²) in [6, 6.07) is 19.9. The van der Waals surface area contributed by atoms with Crippen LogP contribution in [-0.4, -0.2) is 35.0 Å². The summed E-state index contributed by atoms with van der Waals surface area (Å²) in [7, 11) is 0. The van der Waals surface area contributed by atoms with Gasteiger partial charge in [0, 0.05) is 16.1 Å². The van der Waals surface area contributed by atoms with Gasteiger partial charge in [-0.1, -0.05) is 65.3 Å². The van der Waals surface area contributed by atoms with Crippen molar-refractivity contribution in [2.24, 2.45) is 0 Å². The van der Waals surface area contributed by atoms with Crippen molar-refractivity contribution < 1.29 is 33.4 Å². The Balaban J connectivity index is 1.31. The van der Waals surface area contributed by atoms with Crippen LogP contribution in [0, 0.1) is 6.92 Å². The number of carbonyl (C=O) groups excluding carboxylic acids is 1. The van der Waals surface area contributed by atoms with Gasteiger partial charge < -0.3 is 23.8 Å². The van der Waals surface area contributed by atoms with Crippen LogP contribution >= 0.6 is 11.6 Å². The number of anilines is 1. The lowest BCUT2D eigenvalue weighted by molar-refractivity contribution is -0.147. The molecular formula is C28H23ClN2O7. The monoisotopic (exact) mass is 534 g/mol. The van der Waals surface area contributed by atoms with Gasteiger partial charge in [-0.05, 0) is 43.2 Å². The van der Waals surface area contributed by atoms with E-state index < -0.39 is 24.3 Å². The third-order valence-corrected chi connectivity index (χ3v) is 6.42. The molecule has 38 heavy (non-hydrogen) atoms. The van der Waals surface area contributed by atoms with Gasteiger partial charge in [0.2, 0.25) is 6.10 Å². The van der Waals surface area contributed by atoms with E-state index in [4.69, 9.17) is 35.4 Å². The molecule has 2 atom stereocenters. The van der Waals surface area contributed by atoms with Crippen molar-refractivity contribution in [1.82, 2.24) is 5.16 Å². The van der Waals surface area contributed by atoms with E-state index in [0.29, 0.717) is 44.8 Å². The highest BCUT2D eigenvalue weighted by Crippen LogP contribution is 2.37. The zero-order valence-electron chi connectivity index (χ0n) is 20.4. The van der Waals surface area contributed by atoms with Crippen LogP contribution in [0.25, 0.3) is 22.5 Å². The topological polar surface area (TPSA) is 120 Å². The second-order valence-corrected chi connectivity index (χ2v) is 9.07. The predicted octanol–water partition coefficient (Wildman–Crippen LogP) is 6.50. The second-order valence-electron chi connectivity index (χ2n) is 8.66. The quantitative estimate of drug-likeness (QED) is 0.287. The van der Waals surface area contributed by atoms with Crippen molar-refractivity contribution in [3.63, 3.8) is 0 Å². The minimum Gasteiger partial charge on any atom is -0.485 e. The standard InChI is InChI=1S/C28H23ClN2O7/c1-15-25(30-28(34)36-16(2)20-5-3-4-6-21(20)29)26(38-31-15)18-9-7-17(8-10-18)19-11-12-22-23(13-19)35-14-24(37-22)27(32)33/h3-13,16,24H,14H2,1-2H3,(H,30,34)(H,32,33). The molecule has 2 N–H and O–H groups in total. The second kappa shape index (κ2) is 10.5. The van der Waals surface area contributed by atoms with Crippen LogP contribution in [0.1, 0.15) is 24.3 Å². The fraction of sp³-hybridized carbons (Fsp3) is 0.179. The molecule has 0 saturated heterocycles. The molecule has 1 amide bonds. The van der Waals surface area contributed by atoms with Crippen LogP contribution in [-0.2, 0) is 9.53 Å². The number of hydrogen-bond donors (Lipinski definition) is 2. The third kappa shape index (κ3) is 5.14. The van der Waals surface area contributed by atoms with E-state index in [2.05, 4.69) is 10.5 Å². The number of nitrogens with one attached hydrogen (secondary N) is 1. The van der Waals surface area contributed by atoms with Gasteiger partial charge in [0.05, 0.1) is 0 Å². The molecule has 5 rings (SSSR count). The Hall–Kier alpha value is -4.50. The van der Waals surface area contributed by atoms with Gasteiger partial charge >= 0.3 is 12.1 Å². The van der Waals surface area contributed by atoms with Gasteiger partial charge in [0.1, 0.15) is 24.1 Å². The van der Waals surface area contributed by atoms with Crippen molar-refractivity contribution in [1.29, 1.82) is 0 Å². The molecule has 3 aromatic carbocycles. The fourth-order valence-corrected chi connectivity index (χ4v) is 4.35. The first kappa shape index (κ1) is 25.2. The van der Waals surface area contributed by atoms with E-state index in [1.807, 2.05) is 36.4 Å². The van der Waals surface area contributed by atoms with Crippen LogP contribution in [0.5, 0.6) is 11.5 Å². The smallest absolute Gasteiger partial charge is 0.412 e. The number of nitrogens with zero attached hydrogens (tertiary/aromatic N) is 1. The van der Waals surface area contributed by atoms with Gasteiger partial charge in [-0.2, -0.15) is 0 Å². The largest absolute Gasteiger partial charge is 0.485 e. The maximum Gasteiger partial charge on any atom is 0.412 e. The number of hydrogen-bond acceptors (Lipinski definition) is 7. The summed E-state index contributed by atoms with van der Waals surface area (Å²) in [5.74, 6) is 0.173. The third-order valence-electron chi connectivity index (χ3n) is 6.08. The Kier molecular flexibility index (Phi) is 6.93. The number of rotatable bonds is 6. The molecule has 1 aliphatic rings. The summed E-state index contributed by atoms with van der Waals surface area (Å²) in [5, 5.41) is 16.4. The van der Waals surface area contributed by atoms with Crippen LogP contribution in [0.3, 0.4) is 0 Å². The number of aryl methyl sites for hydroxylation is 1. The number of aromatic nitrogens is 1. The number of carboxylic acid groups (broad SMARTS) is 1. The molecule has 0 bridgehead atoms. The number of carboxylic acids is 1. The molecule has 0 fully saturated rings. The van der Waals surface area contributed by atoms with Crippen LogP contribution in [0.2, 0.25) is 5.02 Å². The minimum absolute atomic E-state index is 0.0645. The highest BCUT2D eigenvalue weighted by atomic mass is 35.5. The van der Waals surface area contributed by atoms with E-state index in [-0.39, 0.29) is 6.61 Å². The Morgan fingerprint density at radius 3 is 2.50 bits per heavy atom. The summed E-state index contributed by atoms with van der Waals surface area (Å²) >= 11 is 6.21. The number of carbonyl (C=O) groups is 2. The molecule has 1 aliphatic heterocycles. The number of amides is 1. The molecule has 4 aromatic rings. The Labute approximate surface area is 222 Å². The lowest BCUT2D eigenvalue weighted by Crippen LogP contribution is -2.36. The zero-order chi connectivity index (χ0) is 26.8. The van der Waals surface area contributed by atoms with Crippen molar-refractivity contribution >= 4 is 29.4 Å². The van der Waals surface area contributed by atoms with Crippen molar-refractivity contribution in [2.45, 2.75) is 26.1 Å². The maximum atomic E-state index is 12.7. The first-order chi connectivity index (χ1) is 18.3. The fourth-order valence-electron chi connectivity index (χ4n) is 4.06. The molecule has 10 heteroatoms. The average Bonchev–Trinajstić information content (AvgIpc) is 3.27. The molecule has 0 spiro atoms. The van der Waals surface area contributed by atoms with Gasteiger partial charge in [0.25, 0.3) is 0 Å². The summed E-state index contributed by atoms with van der Waals surface area (Å²) in [6.07, 6.45) is -2.26. The van der Waals surface area contributed by atoms with Gasteiger partial charge in [-0.25, -0.2) is 9.59 Å². The molecule has 9 nitrogen and oxygen atoms in total. The van der Waals surface area contributed by atoms with Crippen molar-refractivity contribution in [2.75, 3.05) is 11.9 Å². The number of benzene rings is 3. The molecule has 194 valence electrons. The SMILES string of the molecule is Cc1noc(-c2ccc(-c3ccc4c(c3)OCC(C(=O)O)O4)cc2)c1NC(=O)OC(C)c1ccccc1Cl. The first-order valence-electron chi connectivity index (χ1n) is 11.8. The van der Waals surface area contributed by atoms with Crippen LogP contribution < -0.4 is 14.8 Å². The summed E-state index contributed by atoms with van der Waals surface area (Å²) < 4.78 is 22.1. The lowest BCUT2D eigenvalue weighted by Gasteiger charge is -2.24. The minimum atomic E-state index is -1.07. The highest BCUT2D eigenvalue weighted by molar-refractivity contribution is 6.31. The highest BCUT2D eigenvalue weighted by Gasteiger charge is 2.27. The number of aliphatic carboxylic acids is 1. The van der Waals surface area contributed by atoms with E-state index in [9.17, 15) is 9.59 Å². The molecule has 2 unspecified atom stereocenters. The molecular weight excluding hydrogens is 512 g/mol. The Morgan fingerprint density at radius 2 is 1.76 bits per heavy atom. The normalized spacial score (nSPS) is 15.0. The van der Waals surface area contributed by atoms with Gasteiger partial charge in [-0.3, -0.25) is 5.32 Å². The van der Waals surface area contributed by atoms with E-state index in [1.165, 1.54) is 0 Å². The van der Waals surface area contributed by atoms with Crippen LogP contribution in [0.15, 0.2) is 71.3 Å². The molecule has 0 saturated carbocycles. The Bertz CT molecular complexity index is 1500. The lowest BCUT2D eigenvalue weighted by atomic mass is 10.0.